The molecule has 1 fully saturated rings. The van der Waals surface area contributed by atoms with Crippen LogP contribution in [0.3, 0.4) is 0 Å². The van der Waals surface area contributed by atoms with Crippen molar-refractivity contribution in [2.75, 3.05) is 4.90 Å². The van der Waals surface area contributed by atoms with E-state index in [2.05, 4.69) is 20.5 Å². The maximum Gasteiger partial charge on any atom is 0.263 e. The average Bonchev–Trinajstić information content (AvgIpc) is 3.44. The molecule has 31 heavy (non-hydrogen) atoms. The highest BCUT2D eigenvalue weighted by Crippen LogP contribution is 2.33. The smallest absolute Gasteiger partial charge is 0.263 e. The summed E-state index contributed by atoms with van der Waals surface area (Å²) in [6.45, 7) is 6.09. The molecule has 2 unspecified atom stereocenters. The van der Waals surface area contributed by atoms with Gasteiger partial charge in [-0.2, -0.15) is 10.1 Å². The fourth-order valence-electron chi connectivity index (χ4n) is 3.76. The number of imide groups is 1. The Bertz CT molecular complexity index is 1220. The van der Waals surface area contributed by atoms with Crippen molar-refractivity contribution < 1.29 is 14.1 Å². The number of anilines is 1. The Morgan fingerprint density at radius 1 is 0.968 bits per heavy atom. The molecule has 0 aliphatic carbocycles. The highest BCUT2D eigenvalue weighted by Gasteiger charge is 2.55. The second-order valence-electron chi connectivity index (χ2n) is 7.85. The minimum absolute atomic E-state index is 0.0866. The predicted molar refractivity (Wildman–Crippen MR) is 111 cm³/mol. The summed E-state index contributed by atoms with van der Waals surface area (Å²) >= 11 is 0. The Hall–Kier alpha value is -3.88. The minimum atomic E-state index is -0.865. The van der Waals surface area contributed by atoms with E-state index >= 15 is 0 Å². The zero-order valence-electron chi connectivity index (χ0n) is 17.3. The lowest BCUT2D eigenvalue weighted by atomic mass is 10.1. The summed E-state index contributed by atoms with van der Waals surface area (Å²) in [6, 6.07) is 11.5. The zero-order valence-corrected chi connectivity index (χ0v) is 17.3. The van der Waals surface area contributed by atoms with Crippen molar-refractivity contribution >= 4 is 17.5 Å². The van der Waals surface area contributed by atoms with Crippen molar-refractivity contribution in [1.82, 2.24) is 15.1 Å². The molecule has 9 nitrogen and oxygen atoms in total. The van der Waals surface area contributed by atoms with E-state index in [-0.39, 0.29) is 18.4 Å². The van der Waals surface area contributed by atoms with Crippen LogP contribution in [-0.2, 0) is 16.1 Å². The first kappa shape index (κ1) is 19.1. The highest BCUT2D eigenvalue weighted by atomic mass is 16.5. The molecule has 156 valence electrons. The first-order valence-electron chi connectivity index (χ1n) is 9.94. The number of aryl methyl sites for hydroxylation is 3. The van der Waals surface area contributed by atoms with Gasteiger partial charge in [0.2, 0.25) is 11.7 Å². The van der Waals surface area contributed by atoms with Crippen molar-refractivity contribution in [3.05, 3.63) is 65.0 Å². The van der Waals surface area contributed by atoms with Crippen LogP contribution in [0.25, 0.3) is 11.4 Å². The van der Waals surface area contributed by atoms with E-state index in [1.54, 1.807) is 12.1 Å². The van der Waals surface area contributed by atoms with Crippen LogP contribution in [0.2, 0.25) is 0 Å². The third-order valence-electron chi connectivity index (χ3n) is 5.68. The van der Waals surface area contributed by atoms with Gasteiger partial charge in [-0.25, -0.2) is 4.90 Å². The molecule has 0 saturated carbocycles. The summed E-state index contributed by atoms with van der Waals surface area (Å²) in [6.07, 6.45) is 0. The molecule has 2 atom stereocenters. The number of amides is 2. The molecule has 3 heterocycles. The van der Waals surface area contributed by atoms with Crippen LogP contribution >= 0.6 is 0 Å². The highest BCUT2D eigenvalue weighted by molar-refractivity contribution is 6.25. The van der Waals surface area contributed by atoms with E-state index in [9.17, 15) is 9.59 Å². The van der Waals surface area contributed by atoms with E-state index < -0.39 is 12.1 Å². The van der Waals surface area contributed by atoms with Gasteiger partial charge in [0.1, 0.15) is 6.54 Å². The maximum atomic E-state index is 13.1. The van der Waals surface area contributed by atoms with E-state index in [1.807, 2.05) is 51.1 Å². The van der Waals surface area contributed by atoms with Gasteiger partial charge in [0.25, 0.3) is 11.8 Å². The monoisotopic (exact) mass is 416 g/mol. The van der Waals surface area contributed by atoms with E-state index in [0.29, 0.717) is 17.4 Å². The van der Waals surface area contributed by atoms with Crippen molar-refractivity contribution in [3.8, 4) is 11.4 Å². The second-order valence-corrected chi connectivity index (χ2v) is 7.85. The number of hydrogen-bond donors (Lipinski definition) is 0. The van der Waals surface area contributed by atoms with Crippen LogP contribution in [0.1, 0.15) is 22.6 Å². The molecule has 0 N–H and O–H groups in total. The van der Waals surface area contributed by atoms with Gasteiger partial charge in [0.15, 0.2) is 12.1 Å². The van der Waals surface area contributed by atoms with E-state index in [1.165, 1.54) is 15.5 Å². The molecule has 2 aliphatic rings. The molecular weight excluding hydrogens is 396 g/mol. The SMILES string of the molecule is Cc1ccc(N2C(=O)C3N=NN(Cc4nc(-c5ccc(C)c(C)c5)no4)C3C2=O)cc1. The molecule has 3 aromatic rings. The summed E-state index contributed by atoms with van der Waals surface area (Å²) in [5, 5.41) is 13.5. The van der Waals surface area contributed by atoms with Gasteiger partial charge in [-0.15, -0.1) is 0 Å². The van der Waals surface area contributed by atoms with Crippen molar-refractivity contribution in [2.24, 2.45) is 10.3 Å². The van der Waals surface area contributed by atoms with E-state index in [4.69, 9.17) is 4.52 Å². The lowest BCUT2D eigenvalue weighted by Gasteiger charge is -2.19. The molecule has 1 aromatic heterocycles. The lowest BCUT2D eigenvalue weighted by Crippen LogP contribution is -2.39. The number of carbonyl (C=O) groups is 2. The number of carbonyl (C=O) groups excluding carboxylic acids is 2. The quantitative estimate of drug-likeness (QED) is 0.605. The van der Waals surface area contributed by atoms with Crippen LogP contribution in [0.5, 0.6) is 0 Å². The largest absolute Gasteiger partial charge is 0.337 e. The van der Waals surface area contributed by atoms with Gasteiger partial charge >= 0.3 is 0 Å². The average molecular weight is 416 g/mol. The van der Waals surface area contributed by atoms with Crippen LogP contribution < -0.4 is 4.90 Å². The lowest BCUT2D eigenvalue weighted by molar-refractivity contribution is -0.123. The molecule has 2 amide bonds. The Morgan fingerprint density at radius 2 is 1.74 bits per heavy atom. The topological polar surface area (TPSA) is 104 Å². The minimum Gasteiger partial charge on any atom is -0.337 e. The van der Waals surface area contributed by atoms with Crippen LogP contribution in [0.15, 0.2) is 57.3 Å². The number of nitrogens with zero attached hydrogens (tertiary/aromatic N) is 6. The van der Waals surface area contributed by atoms with E-state index in [0.717, 1.165) is 16.7 Å². The third kappa shape index (κ3) is 3.18. The zero-order chi connectivity index (χ0) is 21.7. The van der Waals surface area contributed by atoms with Gasteiger partial charge in [0, 0.05) is 5.56 Å². The number of fused-ring (bicyclic) bond motifs is 1. The Labute approximate surface area is 178 Å². The molecule has 2 aromatic carbocycles. The fraction of sp³-hybridized carbons (Fsp3) is 0.273. The Kier molecular flexibility index (Phi) is 4.39. The Balaban J connectivity index is 1.36. The van der Waals surface area contributed by atoms with Crippen molar-refractivity contribution in [3.63, 3.8) is 0 Å². The summed E-state index contributed by atoms with van der Waals surface area (Å²) in [5.74, 6) is 0.00644. The van der Waals surface area contributed by atoms with Crippen molar-refractivity contribution in [2.45, 2.75) is 39.4 Å². The molecule has 0 bridgehead atoms. The fourth-order valence-corrected chi connectivity index (χ4v) is 3.76. The van der Waals surface area contributed by atoms with Gasteiger partial charge in [0.05, 0.1) is 5.69 Å². The summed E-state index contributed by atoms with van der Waals surface area (Å²) in [5.41, 5.74) is 4.72. The van der Waals surface area contributed by atoms with Crippen molar-refractivity contribution in [1.29, 1.82) is 0 Å². The maximum absolute atomic E-state index is 13.1. The van der Waals surface area contributed by atoms with Crippen LogP contribution in [0, 0.1) is 20.8 Å². The molecule has 9 heteroatoms. The molecule has 1 saturated heterocycles. The standard InChI is InChI=1S/C22H20N6O3/c1-12-4-8-16(9-5-12)28-21(29)18-19(22(28)30)27(26-24-18)11-17-23-20(25-31-17)15-7-6-13(2)14(3)10-15/h4-10,18-19H,11H2,1-3H3. The summed E-state index contributed by atoms with van der Waals surface area (Å²) in [7, 11) is 0. The second kappa shape index (κ2) is 7.12. The number of rotatable bonds is 4. The number of aromatic nitrogens is 2. The summed E-state index contributed by atoms with van der Waals surface area (Å²) in [4.78, 5) is 31.5. The first-order chi connectivity index (χ1) is 14.9. The number of hydrogen-bond acceptors (Lipinski definition) is 8. The molecule has 5 rings (SSSR count). The molecular formula is C22H20N6O3. The molecule has 0 spiro atoms. The third-order valence-corrected chi connectivity index (χ3v) is 5.68. The van der Waals surface area contributed by atoms with Gasteiger partial charge in [-0.3, -0.25) is 14.6 Å². The van der Waals surface area contributed by atoms with Gasteiger partial charge in [-0.05, 0) is 50.1 Å². The first-order valence-corrected chi connectivity index (χ1v) is 9.94. The van der Waals surface area contributed by atoms with Crippen LogP contribution in [-0.4, -0.2) is 39.0 Å². The van der Waals surface area contributed by atoms with Gasteiger partial charge < -0.3 is 4.52 Å². The molecule has 2 aliphatic heterocycles. The molecule has 0 radical (unpaired) electrons. The normalized spacial score (nSPS) is 20.1. The Morgan fingerprint density at radius 3 is 2.48 bits per heavy atom. The summed E-state index contributed by atoms with van der Waals surface area (Å²) < 4.78 is 5.37. The van der Waals surface area contributed by atoms with Crippen LogP contribution in [0.4, 0.5) is 5.69 Å². The van der Waals surface area contributed by atoms with Gasteiger partial charge in [-0.1, -0.05) is 40.2 Å². The predicted octanol–water partition coefficient (Wildman–Crippen LogP) is 3.16. The number of benzene rings is 2.